The number of para-hydroxylation sites is 1. The van der Waals surface area contributed by atoms with E-state index in [9.17, 15) is 0 Å². The van der Waals surface area contributed by atoms with Crippen molar-refractivity contribution in [3.8, 4) is 11.4 Å². The smallest absolute Gasteiger partial charge is 0.161 e. The van der Waals surface area contributed by atoms with E-state index in [0.717, 1.165) is 11.1 Å². The third-order valence-corrected chi connectivity index (χ3v) is 1.98. The summed E-state index contributed by atoms with van der Waals surface area (Å²) in [5.41, 5.74) is 8.44. The van der Waals surface area contributed by atoms with Crippen molar-refractivity contribution in [2.24, 2.45) is 0 Å². The van der Waals surface area contributed by atoms with Gasteiger partial charge in [-0.25, -0.2) is 9.97 Å². The van der Waals surface area contributed by atoms with Gasteiger partial charge < -0.3 is 5.73 Å². The van der Waals surface area contributed by atoms with Gasteiger partial charge in [0.15, 0.2) is 5.82 Å². The van der Waals surface area contributed by atoms with Crippen LogP contribution in [0.1, 0.15) is 5.56 Å². The first kappa shape index (κ1) is 8.69. The van der Waals surface area contributed by atoms with Gasteiger partial charge in [0.05, 0.1) is 0 Å². The normalized spacial score (nSPS) is 10.1. The summed E-state index contributed by atoms with van der Waals surface area (Å²) in [5, 5.41) is 0. The van der Waals surface area contributed by atoms with Gasteiger partial charge in [0.1, 0.15) is 0 Å². The fourth-order valence-corrected chi connectivity index (χ4v) is 1.23. The second-order valence-electron chi connectivity index (χ2n) is 3.17. The molecule has 0 spiro atoms. The zero-order valence-electron chi connectivity index (χ0n) is 7.94. The first-order chi connectivity index (χ1) is 6.77. The van der Waals surface area contributed by atoms with Crippen LogP contribution < -0.4 is 5.73 Å². The molecule has 2 rings (SSSR count). The maximum atomic E-state index is 5.81. The first-order valence-corrected chi connectivity index (χ1v) is 4.41. The third-order valence-electron chi connectivity index (χ3n) is 1.98. The van der Waals surface area contributed by atoms with Gasteiger partial charge >= 0.3 is 0 Å². The van der Waals surface area contributed by atoms with Gasteiger partial charge in [-0.05, 0) is 24.6 Å². The van der Waals surface area contributed by atoms with Crippen molar-refractivity contribution in [3.63, 3.8) is 0 Å². The highest BCUT2D eigenvalue weighted by Gasteiger charge is 2.02. The average molecular weight is 185 g/mol. The summed E-state index contributed by atoms with van der Waals surface area (Å²) >= 11 is 0. The molecule has 1 aromatic heterocycles. The number of nitrogens with two attached hydrogens (primary N) is 1. The zero-order valence-corrected chi connectivity index (χ0v) is 7.94. The lowest BCUT2D eigenvalue weighted by Crippen LogP contribution is -1.94. The van der Waals surface area contributed by atoms with Crippen molar-refractivity contribution in [3.05, 3.63) is 42.2 Å². The highest BCUT2D eigenvalue weighted by Crippen LogP contribution is 2.20. The van der Waals surface area contributed by atoms with E-state index in [-0.39, 0.29) is 0 Å². The van der Waals surface area contributed by atoms with E-state index < -0.39 is 0 Å². The number of aryl methyl sites for hydroxylation is 1. The standard InChI is InChI=1S/C11H11N3/c1-8-6-13-11(14-7-8)9-4-2-3-5-10(9)12/h2-7H,12H2,1H3. The van der Waals surface area contributed by atoms with Gasteiger partial charge in [-0.2, -0.15) is 0 Å². The van der Waals surface area contributed by atoms with Gasteiger partial charge in [-0.1, -0.05) is 12.1 Å². The monoisotopic (exact) mass is 185 g/mol. The predicted octanol–water partition coefficient (Wildman–Crippen LogP) is 2.03. The number of nitrogens with zero attached hydrogens (tertiary/aromatic N) is 2. The molecule has 0 aliphatic rings. The van der Waals surface area contributed by atoms with Crippen molar-refractivity contribution in [1.82, 2.24) is 9.97 Å². The Hall–Kier alpha value is -1.90. The second-order valence-corrected chi connectivity index (χ2v) is 3.17. The van der Waals surface area contributed by atoms with E-state index in [0.29, 0.717) is 11.5 Å². The number of hydrogen-bond acceptors (Lipinski definition) is 3. The molecule has 2 aromatic rings. The molecule has 3 nitrogen and oxygen atoms in total. The lowest BCUT2D eigenvalue weighted by molar-refractivity contribution is 1.14. The van der Waals surface area contributed by atoms with Gasteiger partial charge in [0.2, 0.25) is 0 Å². The van der Waals surface area contributed by atoms with Gasteiger partial charge in [0.25, 0.3) is 0 Å². The minimum Gasteiger partial charge on any atom is -0.398 e. The average Bonchev–Trinajstić information content (AvgIpc) is 2.20. The fraction of sp³-hybridized carbons (Fsp3) is 0.0909. The Bertz CT molecular complexity index is 435. The lowest BCUT2D eigenvalue weighted by Gasteiger charge is -2.02. The summed E-state index contributed by atoms with van der Waals surface area (Å²) in [7, 11) is 0. The van der Waals surface area contributed by atoms with Crippen LogP contribution in [0, 0.1) is 6.92 Å². The Kier molecular flexibility index (Phi) is 2.14. The van der Waals surface area contributed by atoms with Crippen LogP contribution in [0.4, 0.5) is 5.69 Å². The third kappa shape index (κ3) is 1.57. The Morgan fingerprint density at radius 1 is 1.07 bits per heavy atom. The zero-order chi connectivity index (χ0) is 9.97. The summed E-state index contributed by atoms with van der Waals surface area (Å²) in [6.07, 6.45) is 3.57. The number of hydrogen-bond donors (Lipinski definition) is 1. The highest BCUT2D eigenvalue weighted by atomic mass is 14.9. The van der Waals surface area contributed by atoms with Crippen molar-refractivity contribution in [2.75, 3.05) is 5.73 Å². The molecular weight excluding hydrogens is 174 g/mol. The molecule has 0 unspecified atom stereocenters. The Balaban J connectivity index is 2.50. The summed E-state index contributed by atoms with van der Waals surface area (Å²) in [6, 6.07) is 7.58. The lowest BCUT2D eigenvalue weighted by atomic mass is 10.1. The maximum Gasteiger partial charge on any atom is 0.161 e. The van der Waals surface area contributed by atoms with E-state index in [1.54, 1.807) is 12.4 Å². The molecule has 3 heteroatoms. The van der Waals surface area contributed by atoms with Crippen LogP contribution in [0.25, 0.3) is 11.4 Å². The summed E-state index contributed by atoms with van der Waals surface area (Å²) in [5.74, 6) is 0.675. The number of aromatic nitrogens is 2. The van der Waals surface area contributed by atoms with E-state index in [1.807, 2.05) is 31.2 Å². The van der Waals surface area contributed by atoms with Crippen LogP contribution in [-0.2, 0) is 0 Å². The van der Waals surface area contributed by atoms with E-state index in [1.165, 1.54) is 0 Å². The SMILES string of the molecule is Cc1cnc(-c2ccccc2N)nc1. The topological polar surface area (TPSA) is 51.8 Å². The Labute approximate surface area is 82.6 Å². The molecule has 0 saturated heterocycles. The molecule has 1 aromatic carbocycles. The minimum absolute atomic E-state index is 0.675. The van der Waals surface area contributed by atoms with Crippen LogP contribution >= 0.6 is 0 Å². The molecule has 2 N–H and O–H groups in total. The molecule has 14 heavy (non-hydrogen) atoms. The number of rotatable bonds is 1. The highest BCUT2D eigenvalue weighted by molar-refractivity contribution is 5.70. The van der Waals surface area contributed by atoms with Crippen LogP contribution in [0.2, 0.25) is 0 Å². The number of nitrogen functional groups attached to an aromatic ring is 1. The molecule has 0 fully saturated rings. The van der Waals surface area contributed by atoms with Crippen molar-refractivity contribution >= 4 is 5.69 Å². The maximum absolute atomic E-state index is 5.81. The molecule has 0 aliphatic carbocycles. The molecular formula is C11H11N3. The molecule has 0 aliphatic heterocycles. The molecule has 0 radical (unpaired) electrons. The van der Waals surface area contributed by atoms with Crippen LogP contribution in [0.3, 0.4) is 0 Å². The van der Waals surface area contributed by atoms with Crippen LogP contribution in [0.15, 0.2) is 36.7 Å². The van der Waals surface area contributed by atoms with Gasteiger partial charge in [-0.15, -0.1) is 0 Å². The predicted molar refractivity (Wildman–Crippen MR) is 56.6 cm³/mol. The Morgan fingerprint density at radius 3 is 2.36 bits per heavy atom. The van der Waals surface area contributed by atoms with E-state index in [4.69, 9.17) is 5.73 Å². The summed E-state index contributed by atoms with van der Waals surface area (Å²) in [6.45, 7) is 1.96. The molecule has 1 heterocycles. The minimum atomic E-state index is 0.675. The molecule has 0 atom stereocenters. The molecule has 70 valence electrons. The number of anilines is 1. The number of benzene rings is 1. The van der Waals surface area contributed by atoms with E-state index in [2.05, 4.69) is 9.97 Å². The largest absolute Gasteiger partial charge is 0.398 e. The molecule has 0 amide bonds. The quantitative estimate of drug-likeness (QED) is 0.691. The fourth-order valence-electron chi connectivity index (χ4n) is 1.23. The van der Waals surface area contributed by atoms with Crippen molar-refractivity contribution in [1.29, 1.82) is 0 Å². The molecule has 0 saturated carbocycles. The summed E-state index contributed by atoms with van der Waals surface area (Å²) in [4.78, 5) is 8.44. The van der Waals surface area contributed by atoms with Crippen molar-refractivity contribution in [2.45, 2.75) is 6.92 Å². The van der Waals surface area contributed by atoms with Crippen LogP contribution in [0.5, 0.6) is 0 Å². The van der Waals surface area contributed by atoms with Gasteiger partial charge in [-0.3, -0.25) is 0 Å². The van der Waals surface area contributed by atoms with E-state index >= 15 is 0 Å². The van der Waals surface area contributed by atoms with Crippen LogP contribution in [-0.4, -0.2) is 9.97 Å². The second kappa shape index (κ2) is 3.46. The van der Waals surface area contributed by atoms with Gasteiger partial charge in [0, 0.05) is 23.6 Å². The summed E-state index contributed by atoms with van der Waals surface area (Å²) < 4.78 is 0. The first-order valence-electron chi connectivity index (χ1n) is 4.41. The van der Waals surface area contributed by atoms with Crippen molar-refractivity contribution < 1.29 is 0 Å². The Morgan fingerprint density at radius 2 is 1.71 bits per heavy atom. The molecule has 0 bridgehead atoms.